The Hall–Kier alpha value is -1.30. The van der Waals surface area contributed by atoms with E-state index >= 15 is 0 Å². The molecular formula is C10H14N2O3S. The topological polar surface area (TPSA) is 83.0 Å². The maximum Gasteiger partial charge on any atom is 0.317 e. The van der Waals surface area contributed by atoms with Gasteiger partial charge in [0.1, 0.15) is 5.25 Å². The maximum atomic E-state index is 11.3. The Morgan fingerprint density at radius 2 is 2.31 bits per heavy atom. The Labute approximate surface area is 97.3 Å². The van der Waals surface area contributed by atoms with E-state index in [0.29, 0.717) is 23.7 Å². The molecule has 0 saturated heterocycles. The largest absolute Gasteiger partial charge is 0.480 e. The average Bonchev–Trinajstić information content (AvgIpc) is 2.24. The number of aryl methyl sites for hydroxylation is 1. The van der Waals surface area contributed by atoms with Crippen molar-refractivity contribution in [3.63, 3.8) is 0 Å². The molecule has 0 bridgehead atoms. The van der Waals surface area contributed by atoms with Gasteiger partial charge in [0.25, 0.3) is 5.56 Å². The maximum absolute atomic E-state index is 11.3. The van der Waals surface area contributed by atoms with E-state index in [1.54, 1.807) is 6.92 Å². The third-order valence-electron chi connectivity index (χ3n) is 2.04. The molecule has 6 heteroatoms. The van der Waals surface area contributed by atoms with Crippen LogP contribution in [0.5, 0.6) is 0 Å². The number of carbonyl (C=O) groups is 1. The Kier molecular flexibility index (Phi) is 4.54. The SMILES string of the molecule is CCc1cc(=O)[nH]c(S[C@H](CC)C(=O)O)n1. The summed E-state index contributed by atoms with van der Waals surface area (Å²) in [5.74, 6) is -0.892. The zero-order valence-electron chi connectivity index (χ0n) is 9.19. The fraction of sp³-hybridized carbons (Fsp3) is 0.500. The fourth-order valence-corrected chi connectivity index (χ4v) is 2.03. The van der Waals surface area contributed by atoms with Crippen molar-refractivity contribution in [2.75, 3.05) is 0 Å². The van der Waals surface area contributed by atoms with Gasteiger partial charge in [-0.25, -0.2) is 4.98 Å². The van der Waals surface area contributed by atoms with Gasteiger partial charge in [0.2, 0.25) is 0 Å². The monoisotopic (exact) mass is 242 g/mol. The summed E-state index contributed by atoms with van der Waals surface area (Å²) in [6.45, 7) is 3.68. The Bertz CT molecular complexity index is 430. The van der Waals surface area contributed by atoms with Gasteiger partial charge in [-0.3, -0.25) is 9.59 Å². The lowest BCUT2D eigenvalue weighted by Gasteiger charge is -2.08. The minimum Gasteiger partial charge on any atom is -0.480 e. The fourth-order valence-electron chi connectivity index (χ4n) is 1.16. The first-order valence-corrected chi connectivity index (χ1v) is 5.94. The molecule has 88 valence electrons. The van der Waals surface area contributed by atoms with Crippen LogP contribution in [0.3, 0.4) is 0 Å². The zero-order valence-corrected chi connectivity index (χ0v) is 10.0. The van der Waals surface area contributed by atoms with E-state index in [0.717, 1.165) is 11.8 Å². The Morgan fingerprint density at radius 3 is 2.81 bits per heavy atom. The second kappa shape index (κ2) is 5.69. The number of carboxylic acid groups (broad SMARTS) is 1. The van der Waals surface area contributed by atoms with E-state index < -0.39 is 11.2 Å². The minimum absolute atomic E-state index is 0.241. The lowest BCUT2D eigenvalue weighted by Crippen LogP contribution is -2.17. The molecule has 1 aromatic rings. The van der Waals surface area contributed by atoms with Gasteiger partial charge in [-0.1, -0.05) is 25.6 Å². The van der Waals surface area contributed by atoms with Crippen LogP contribution in [0, 0.1) is 0 Å². The molecular weight excluding hydrogens is 228 g/mol. The van der Waals surface area contributed by atoms with Crippen LogP contribution in [-0.2, 0) is 11.2 Å². The van der Waals surface area contributed by atoms with Crippen molar-refractivity contribution in [2.24, 2.45) is 0 Å². The molecule has 0 spiro atoms. The molecule has 0 aliphatic heterocycles. The summed E-state index contributed by atoms with van der Waals surface area (Å²) in [4.78, 5) is 28.8. The molecule has 5 nitrogen and oxygen atoms in total. The van der Waals surface area contributed by atoms with Gasteiger partial charge in [-0.05, 0) is 12.8 Å². The summed E-state index contributed by atoms with van der Waals surface area (Å²) < 4.78 is 0. The van der Waals surface area contributed by atoms with E-state index in [1.807, 2.05) is 6.92 Å². The van der Waals surface area contributed by atoms with Crippen LogP contribution < -0.4 is 5.56 Å². The van der Waals surface area contributed by atoms with Gasteiger partial charge >= 0.3 is 5.97 Å². The van der Waals surface area contributed by atoms with E-state index in [1.165, 1.54) is 6.07 Å². The number of nitrogens with one attached hydrogen (secondary N) is 1. The average molecular weight is 242 g/mol. The highest BCUT2D eigenvalue weighted by molar-refractivity contribution is 8.00. The summed E-state index contributed by atoms with van der Waals surface area (Å²) in [7, 11) is 0. The predicted octanol–water partition coefficient (Wildman–Crippen LogP) is 1.29. The van der Waals surface area contributed by atoms with E-state index in [4.69, 9.17) is 5.11 Å². The summed E-state index contributed by atoms with van der Waals surface area (Å²) in [5.41, 5.74) is 0.432. The number of H-pyrrole nitrogens is 1. The molecule has 0 saturated carbocycles. The van der Waals surface area contributed by atoms with Gasteiger partial charge < -0.3 is 10.1 Å². The van der Waals surface area contributed by atoms with Crippen LogP contribution in [0.15, 0.2) is 16.0 Å². The molecule has 0 aliphatic carbocycles. The lowest BCUT2D eigenvalue weighted by molar-refractivity contribution is -0.136. The molecule has 0 aromatic carbocycles. The van der Waals surface area contributed by atoms with Crippen molar-refractivity contribution in [1.29, 1.82) is 0 Å². The third kappa shape index (κ3) is 3.37. The second-order valence-corrected chi connectivity index (χ2v) is 4.44. The van der Waals surface area contributed by atoms with Gasteiger partial charge in [-0.2, -0.15) is 0 Å². The number of aromatic amines is 1. The Balaban J connectivity index is 2.91. The molecule has 16 heavy (non-hydrogen) atoms. The minimum atomic E-state index is -0.892. The van der Waals surface area contributed by atoms with E-state index in [9.17, 15) is 9.59 Å². The number of rotatable bonds is 5. The van der Waals surface area contributed by atoms with Crippen molar-refractivity contribution in [3.8, 4) is 0 Å². The summed E-state index contributed by atoms with van der Waals surface area (Å²) in [6.07, 6.45) is 1.14. The summed E-state index contributed by atoms with van der Waals surface area (Å²) >= 11 is 1.07. The van der Waals surface area contributed by atoms with Crippen molar-refractivity contribution >= 4 is 17.7 Å². The van der Waals surface area contributed by atoms with E-state index in [-0.39, 0.29) is 5.56 Å². The number of carboxylic acids is 1. The number of aliphatic carboxylic acids is 1. The molecule has 0 fully saturated rings. The molecule has 0 radical (unpaired) electrons. The molecule has 1 atom stereocenters. The third-order valence-corrected chi connectivity index (χ3v) is 3.27. The highest BCUT2D eigenvalue weighted by atomic mass is 32.2. The zero-order chi connectivity index (χ0) is 12.1. The van der Waals surface area contributed by atoms with Crippen LogP contribution >= 0.6 is 11.8 Å². The second-order valence-electron chi connectivity index (χ2n) is 3.25. The van der Waals surface area contributed by atoms with Crippen LogP contribution in [0.4, 0.5) is 0 Å². The standard InChI is InChI=1S/C10H14N2O3S/c1-3-6-5-8(13)12-10(11-6)16-7(4-2)9(14)15/h5,7H,3-4H2,1-2H3,(H,14,15)(H,11,12,13)/t7-/m1/s1. The van der Waals surface area contributed by atoms with Crippen LogP contribution in [0.25, 0.3) is 0 Å². The lowest BCUT2D eigenvalue weighted by atomic mass is 10.3. The molecule has 0 amide bonds. The number of nitrogens with zero attached hydrogens (tertiary/aromatic N) is 1. The first kappa shape index (κ1) is 12.8. The molecule has 2 N–H and O–H groups in total. The van der Waals surface area contributed by atoms with Crippen LogP contribution in [0.2, 0.25) is 0 Å². The normalized spacial score (nSPS) is 12.4. The molecule has 0 unspecified atom stereocenters. The molecule has 1 rings (SSSR count). The van der Waals surface area contributed by atoms with Gasteiger partial charge in [-0.15, -0.1) is 0 Å². The summed E-state index contributed by atoms with van der Waals surface area (Å²) in [6, 6.07) is 1.42. The number of hydrogen-bond acceptors (Lipinski definition) is 4. The summed E-state index contributed by atoms with van der Waals surface area (Å²) in [5, 5.41) is 8.69. The van der Waals surface area contributed by atoms with Crippen molar-refractivity contribution in [2.45, 2.75) is 37.1 Å². The first-order chi connectivity index (χ1) is 7.56. The highest BCUT2D eigenvalue weighted by Crippen LogP contribution is 2.21. The van der Waals surface area contributed by atoms with Crippen molar-refractivity contribution in [1.82, 2.24) is 9.97 Å². The number of hydrogen-bond donors (Lipinski definition) is 2. The van der Waals surface area contributed by atoms with Gasteiger partial charge in [0.05, 0.1) is 0 Å². The molecule has 1 aromatic heterocycles. The van der Waals surface area contributed by atoms with Gasteiger partial charge in [0.15, 0.2) is 5.16 Å². The van der Waals surface area contributed by atoms with E-state index in [2.05, 4.69) is 9.97 Å². The van der Waals surface area contributed by atoms with Crippen LogP contribution in [-0.4, -0.2) is 26.3 Å². The smallest absolute Gasteiger partial charge is 0.317 e. The Morgan fingerprint density at radius 1 is 1.62 bits per heavy atom. The molecule has 0 aliphatic rings. The molecule has 1 heterocycles. The van der Waals surface area contributed by atoms with Crippen LogP contribution in [0.1, 0.15) is 26.0 Å². The number of thioether (sulfide) groups is 1. The first-order valence-electron chi connectivity index (χ1n) is 5.06. The van der Waals surface area contributed by atoms with Crippen molar-refractivity contribution in [3.05, 3.63) is 22.1 Å². The predicted molar refractivity (Wildman–Crippen MR) is 61.8 cm³/mol. The van der Waals surface area contributed by atoms with Crippen molar-refractivity contribution < 1.29 is 9.90 Å². The van der Waals surface area contributed by atoms with Gasteiger partial charge in [0, 0.05) is 11.8 Å². The quantitative estimate of drug-likeness (QED) is 0.600. The highest BCUT2D eigenvalue weighted by Gasteiger charge is 2.17. The number of aromatic nitrogens is 2.